The molecule has 0 unspecified atom stereocenters. The standard InChI is InChI=1S/C22H16I2N2O4/c23-16-5-1-3-14(9-16)21(27)25-20(13-7-8-18-19(11-13)30-12-29-18)26-22(28)15-4-2-6-17(24)10-15/h1-11,20H,12H2,(H,25,27)(H,26,28). The Morgan fingerprint density at radius 3 is 1.90 bits per heavy atom. The Balaban J connectivity index is 1.62. The molecule has 2 N–H and O–H groups in total. The molecule has 2 amide bonds. The predicted octanol–water partition coefficient (Wildman–Crippen LogP) is 4.48. The zero-order valence-electron chi connectivity index (χ0n) is 15.5. The maximum absolute atomic E-state index is 12.9. The lowest BCUT2D eigenvalue weighted by atomic mass is 10.1. The van der Waals surface area contributed by atoms with E-state index < -0.39 is 6.17 Å². The van der Waals surface area contributed by atoms with Crippen LogP contribution in [-0.4, -0.2) is 18.6 Å². The molecule has 0 saturated heterocycles. The average Bonchev–Trinajstić information content (AvgIpc) is 3.21. The number of fused-ring (bicyclic) bond motifs is 1. The SMILES string of the molecule is O=C(NC(NC(=O)c1cccc(I)c1)c1ccc2c(c1)OCO2)c1cccc(I)c1. The molecule has 6 nitrogen and oxygen atoms in total. The highest BCUT2D eigenvalue weighted by Crippen LogP contribution is 2.34. The number of rotatable bonds is 5. The van der Waals surface area contributed by atoms with E-state index in [2.05, 4.69) is 55.8 Å². The molecule has 0 atom stereocenters. The second-order valence-electron chi connectivity index (χ2n) is 6.51. The molecule has 0 radical (unpaired) electrons. The molecule has 152 valence electrons. The molecule has 0 aliphatic carbocycles. The van der Waals surface area contributed by atoms with Crippen molar-refractivity contribution in [1.82, 2.24) is 10.6 Å². The molecule has 8 heteroatoms. The Kier molecular flexibility index (Phi) is 6.42. The number of carbonyl (C=O) groups is 2. The summed E-state index contributed by atoms with van der Waals surface area (Å²) in [6.07, 6.45) is -0.754. The summed E-state index contributed by atoms with van der Waals surface area (Å²) >= 11 is 4.31. The van der Waals surface area contributed by atoms with Crippen LogP contribution in [0.5, 0.6) is 11.5 Å². The monoisotopic (exact) mass is 626 g/mol. The third-order valence-corrected chi connectivity index (χ3v) is 5.80. The third-order valence-electron chi connectivity index (χ3n) is 4.45. The van der Waals surface area contributed by atoms with Gasteiger partial charge in [0.2, 0.25) is 6.79 Å². The summed E-state index contributed by atoms with van der Waals surface area (Å²) in [5.74, 6) is 0.619. The van der Waals surface area contributed by atoms with Gasteiger partial charge >= 0.3 is 0 Å². The fourth-order valence-corrected chi connectivity index (χ4v) is 4.07. The number of amides is 2. The van der Waals surface area contributed by atoms with Gasteiger partial charge in [0.15, 0.2) is 11.5 Å². The fourth-order valence-electron chi connectivity index (χ4n) is 2.98. The zero-order valence-corrected chi connectivity index (χ0v) is 19.8. The highest BCUT2D eigenvalue weighted by molar-refractivity contribution is 14.1. The van der Waals surface area contributed by atoms with Gasteiger partial charge in [0.25, 0.3) is 11.8 Å². The van der Waals surface area contributed by atoms with Crippen LogP contribution < -0.4 is 20.1 Å². The van der Waals surface area contributed by atoms with Crippen molar-refractivity contribution < 1.29 is 19.1 Å². The van der Waals surface area contributed by atoms with E-state index in [1.165, 1.54) is 0 Å². The van der Waals surface area contributed by atoms with Gasteiger partial charge in [-0.2, -0.15) is 0 Å². The van der Waals surface area contributed by atoms with E-state index in [4.69, 9.17) is 9.47 Å². The molecule has 0 fully saturated rings. The molecule has 30 heavy (non-hydrogen) atoms. The normalized spacial score (nSPS) is 12.0. The topological polar surface area (TPSA) is 76.7 Å². The molecule has 4 rings (SSSR count). The lowest BCUT2D eigenvalue weighted by molar-refractivity contribution is 0.0883. The Hall–Kier alpha value is -2.34. The van der Waals surface area contributed by atoms with E-state index in [1.54, 1.807) is 42.5 Å². The van der Waals surface area contributed by atoms with Gasteiger partial charge in [0.1, 0.15) is 6.17 Å². The number of nitrogens with one attached hydrogen (secondary N) is 2. The van der Waals surface area contributed by atoms with Crippen molar-refractivity contribution in [3.8, 4) is 11.5 Å². The van der Waals surface area contributed by atoms with Gasteiger partial charge in [0, 0.05) is 18.3 Å². The summed E-state index contributed by atoms with van der Waals surface area (Å²) in [4.78, 5) is 25.7. The largest absolute Gasteiger partial charge is 0.454 e. The van der Waals surface area contributed by atoms with Crippen LogP contribution in [0, 0.1) is 7.14 Å². The van der Waals surface area contributed by atoms with Crippen molar-refractivity contribution in [2.45, 2.75) is 6.17 Å². The van der Waals surface area contributed by atoms with E-state index in [9.17, 15) is 9.59 Å². The Labute approximate surface area is 200 Å². The first kappa shape index (κ1) is 20.9. The number of ether oxygens (including phenoxy) is 2. The van der Waals surface area contributed by atoms with Crippen LogP contribution in [-0.2, 0) is 0 Å². The summed E-state index contributed by atoms with van der Waals surface area (Å²) in [5, 5.41) is 5.82. The van der Waals surface area contributed by atoms with Crippen molar-refractivity contribution in [1.29, 1.82) is 0 Å². The van der Waals surface area contributed by atoms with Crippen LogP contribution in [0.25, 0.3) is 0 Å². The Morgan fingerprint density at radius 2 is 1.33 bits per heavy atom. The van der Waals surface area contributed by atoms with Gasteiger partial charge in [-0.05, 0) is 99.3 Å². The summed E-state index contributed by atoms with van der Waals surface area (Å²) in [6.45, 7) is 0.146. The van der Waals surface area contributed by atoms with Gasteiger partial charge in [-0.25, -0.2) is 0 Å². The molecule has 0 bridgehead atoms. The lowest BCUT2D eigenvalue weighted by Crippen LogP contribution is -2.41. The zero-order chi connectivity index (χ0) is 21.1. The molecule has 1 aliphatic rings. The summed E-state index contributed by atoms with van der Waals surface area (Å²) < 4.78 is 12.7. The average molecular weight is 626 g/mol. The highest BCUT2D eigenvalue weighted by Gasteiger charge is 2.22. The maximum Gasteiger partial charge on any atom is 0.253 e. The lowest BCUT2D eigenvalue weighted by Gasteiger charge is -2.21. The maximum atomic E-state index is 12.9. The number of hydrogen-bond donors (Lipinski definition) is 2. The molecule has 1 heterocycles. The summed E-state index contributed by atoms with van der Waals surface area (Å²) in [5.41, 5.74) is 1.70. The van der Waals surface area contributed by atoms with Crippen molar-refractivity contribution >= 4 is 57.0 Å². The summed E-state index contributed by atoms with van der Waals surface area (Å²) in [7, 11) is 0. The van der Waals surface area contributed by atoms with Crippen molar-refractivity contribution in [3.63, 3.8) is 0 Å². The first-order valence-electron chi connectivity index (χ1n) is 9.02. The van der Waals surface area contributed by atoms with Crippen LogP contribution in [0.4, 0.5) is 0 Å². The van der Waals surface area contributed by atoms with Gasteiger partial charge in [-0.15, -0.1) is 0 Å². The van der Waals surface area contributed by atoms with E-state index in [0.717, 1.165) is 7.14 Å². The minimum Gasteiger partial charge on any atom is -0.454 e. The van der Waals surface area contributed by atoms with Crippen molar-refractivity contribution in [3.05, 3.63) is 90.6 Å². The van der Waals surface area contributed by atoms with E-state index in [0.29, 0.717) is 28.2 Å². The van der Waals surface area contributed by atoms with Crippen LogP contribution in [0.3, 0.4) is 0 Å². The third kappa shape index (κ3) is 4.86. The van der Waals surface area contributed by atoms with Crippen molar-refractivity contribution in [2.24, 2.45) is 0 Å². The molecule has 0 saturated carbocycles. The van der Waals surface area contributed by atoms with Gasteiger partial charge < -0.3 is 20.1 Å². The minimum atomic E-state index is -0.754. The molecular formula is C22H16I2N2O4. The molecule has 3 aromatic carbocycles. The first-order chi connectivity index (χ1) is 14.5. The van der Waals surface area contributed by atoms with E-state index in [-0.39, 0.29) is 18.6 Å². The first-order valence-corrected chi connectivity index (χ1v) is 11.2. The smallest absolute Gasteiger partial charge is 0.253 e. The second-order valence-corrected chi connectivity index (χ2v) is 9.00. The number of benzene rings is 3. The fraction of sp³-hybridized carbons (Fsp3) is 0.0909. The molecule has 0 spiro atoms. The van der Waals surface area contributed by atoms with Crippen LogP contribution in [0.15, 0.2) is 66.7 Å². The second kappa shape index (κ2) is 9.21. The van der Waals surface area contributed by atoms with Gasteiger partial charge in [0.05, 0.1) is 0 Å². The predicted molar refractivity (Wildman–Crippen MR) is 129 cm³/mol. The summed E-state index contributed by atoms with van der Waals surface area (Å²) in [6, 6.07) is 19.8. The van der Waals surface area contributed by atoms with E-state index in [1.807, 2.05) is 24.3 Å². The Morgan fingerprint density at radius 1 is 0.767 bits per heavy atom. The number of hydrogen-bond acceptors (Lipinski definition) is 4. The highest BCUT2D eigenvalue weighted by atomic mass is 127. The van der Waals surface area contributed by atoms with Crippen LogP contribution >= 0.6 is 45.2 Å². The Bertz CT molecular complexity index is 1060. The van der Waals surface area contributed by atoms with Crippen LogP contribution in [0.1, 0.15) is 32.4 Å². The number of halogens is 2. The molecule has 0 aromatic heterocycles. The van der Waals surface area contributed by atoms with Gasteiger partial charge in [-0.1, -0.05) is 18.2 Å². The minimum absolute atomic E-state index is 0.146. The van der Waals surface area contributed by atoms with E-state index >= 15 is 0 Å². The molecule has 3 aromatic rings. The van der Waals surface area contributed by atoms with Crippen LogP contribution in [0.2, 0.25) is 0 Å². The van der Waals surface area contributed by atoms with Crippen molar-refractivity contribution in [2.75, 3.05) is 6.79 Å². The number of carbonyl (C=O) groups excluding carboxylic acids is 2. The quantitative estimate of drug-likeness (QED) is 0.324. The molecule has 1 aliphatic heterocycles. The van der Waals surface area contributed by atoms with Gasteiger partial charge in [-0.3, -0.25) is 9.59 Å². The molecular weight excluding hydrogens is 610 g/mol.